The SMILES string of the molecule is CCC(C)(C)NCc1cc(Br)ccc1O. The maximum absolute atomic E-state index is 9.64. The summed E-state index contributed by atoms with van der Waals surface area (Å²) < 4.78 is 0.992. The lowest BCUT2D eigenvalue weighted by Gasteiger charge is -2.24. The molecule has 1 rings (SSSR count). The smallest absolute Gasteiger partial charge is 0.120 e. The molecule has 0 aliphatic heterocycles. The molecule has 2 N–H and O–H groups in total. The largest absolute Gasteiger partial charge is 0.508 e. The molecule has 0 aliphatic carbocycles. The predicted molar refractivity (Wildman–Crippen MR) is 67.0 cm³/mol. The first-order valence-corrected chi connectivity index (χ1v) is 5.96. The van der Waals surface area contributed by atoms with E-state index in [0.717, 1.165) is 16.5 Å². The highest BCUT2D eigenvalue weighted by Crippen LogP contribution is 2.22. The molecule has 3 heteroatoms. The third kappa shape index (κ3) is 3.84. The fourth-order valence-corrected chi connectivity index (χ4v) is 1.56. The minimum Gasteiger partial charge on any atom is -0.508 e. The van der Waals surface area contributed by atoms with Crippen molar-refractivity contribution in [2.24, 2.45) is 0 Å². The van der Waals surface area contributed by atoms with Crippen molar-refractivity contribution < 1.29 is 5.11 Å². The number of phenolic OH excluding ortho intramolecular Hbond substituents is 1. The standard InChI is InChI=1S/C12H18BrNO/c1-4-12(2,3)14-8-9-7-10(13)5-6-11(9)15/h5-7,14-15H,4,8H2,1-3H3. The monoisotopic (exact) mass is 271 g/mol. The third-order valence-corrected chi connectivity index (χ3v) is 3.18. The second-order valence-corrected chi connectivity index (χ2v) is 5.28. The number of phenols is 1. The molecule has 15 heavy (non-hydrogen) atoms. The van der Waals surface area contributed by atoms with Gasteiger partial charge in [-0.15, -0.1) is 0 Å². The van der Waals surface area contributed by atoms with E-state index in [1.54, 1.807) is 6.07 Å². The van der Waals surface area contributed by atoms with Crippen molar-refractivity contribution in [1.29, 1.82) is 0 Å². The Balaban J connectivity index is 2.69. The van der Waals surface area contributed by atoms with Crippen LogP contribution < -0.4 is 5.32 Å². The zero-order valence-corrected chi connectivity index (χ0v) is 11.1. The number of benzene rings is 1. The second-order valence-electron chi connectivity index (χ2n) is 4.36. The highest BCUT2D eigenvalue weighted by atomic mass is 79.9. The molecule has 0 saturated heterocycles. The van der Waals surface area contributed by atoms with Crippen molar-refractivity contribution in [2.75, 3.05) is 0 Å². The molecule has 0 saturated carbocycles. The minimum absolute atomic E-state index is 0.106. The molecule has 0 bridgehead atoms. The summed E-state index contributed by atoms with van der Waals surface area (Å²) in [6.45, 7) is 7.14. The molecule has 1 aromatic carbocycles. The first-order valence-electron chi connectivity index (χ1n) is 5.17. The van der Waals surface area contributed by atoms with E-state index in [9.17, 15) is 5.11 Å². The number of hydrogen-bond donors (Lipinski definition) is 2. The molecule has 0 radical (unpaired) electrons. The number of halogens is 1. The molecular formula is C12H18BrNO. The molecule has 0 spiro atoms. The Morgan fingerprint density at radius 3 is 2.67 bits per heavy atom. The lowest BCUT2D eigenvalue weighted by Crippen LogP contribution is -2.37. The quantitative estimate of drug-likeness (QED) is 0.880. The fourth-order valence-electron chi connectivity index (χ4n) is 1.16. The molecule has 0 unspecified atom stereocenters. The topological polar surface area (TPSA) is 32.3 Å². The van der Waals surface area contributed by atoms with Crippen LogP contribution in [0.1, 0.15) is 32.8 Å². The van der Waals surface area contributed by atoms with Crippen molar-refractivity contribution in [3.8, 4) is 5.75 Å². The van der Waals surface area contributed by atoms with Crippen LogP contribution >= 0.6 is 15.9 Å². The highest BCUT2D eigenvalue weighted by Gasteiger charge is 2.14. The van der Waals surface area contributed by atoms with Gasteiger partial charge in [0.05, 0.1) is 0 Å². The lowest BCUT2D eigenvalue weighted by molar-refractivity contribution is 0.369. The number of aromatic hydroxyl groups is 1. The van der Waals surface area contributed by atoms with Gasteiger partial charge in [0.15, 0.2) is 0 Å². The van der Waals surface area contributed by atoms with Gasteiger partial charge in [-0.25, -0.2) is 0 Å². The number of nitrogens with one attached hydrogen (secondary N) is 1. The summed E-state index contributed by atoms with van der Waals surface area (Å²) in [7, 11) is 0. The van der Waals surface area contributed by atoms with E-state index in [1.807, 2.05) is 12.1 Å². The van der Waals surface area contributed by atoms with E-state index in [-0.39, 0.29) is 5.54 Å². The molecule has 0 aliphatic rings. The Morgan fingerprint density at radius 2 is 2.07 bits per heavy atom. The van der Waals surface area contributed by atoms with E-state index >= 15 is 0 Å². The summed E-state index contributed by atoms with van der Waals surface area (Å²) in [5.74, 6) is 0.345. The van der Waals surface area contributed by atoms with Gasteiger partial charge >= 0.3 is 0 Å². The van der Waals surface area contributed by atoms with Crippen LogP contribution in [0.25, 0.3) is 0 Å². The molecule has 2 nitrogen and oxygen atoms in total. The van der Waals surface area contributed by atoms with Gasteiger partial charge in [0.25, 0.3) is 0 Å². The summed E-state index contributed by atoms with van der Waals surface area (Å²) in [6.07, 6.45) is 1.06. The number of rotatable bonds is 4. The van der Waals surface area contributed by atoms with Crippen LogP contribution in [0.2, 0.25) is 0 Å². The Morgan fingerprint density at radius 1 is 1.40 bits per heavy atom. The fraction of sp³-hybridized carbons (Fsp3) is 0.500. The Labute approximate surface area is 99.8 Å². The average molecular weight is 272 g/mol. The van der Waals surface area contributed by atoms with Crippen LogP contribution in [0.5, 0.6) is 5.75 Å². The van der Waals surface area contributed by atoms with E-state index < -0.39 is 0 Å². The summed E-state index contributed by atoms with van der Waals surface area (Å²) in [6, 6.07) is 5.48. The van der Waals surface area contributed by atoms with Gasteiger partial charge in [-0.1, -0.05) is 22.9 Å². The van der Waals surface area contributed by atoms with Gasteiger partial charge < -0.3 is 10.4 Å². The lowest BCUT2D eigenvalue weighted by atomic mass is 10.0. The molecule has 84 valence electrons. The zero-order valence-electron chi connectivity index (χ0n) is 9.47. The van der Waals surface area contributed by atoms with E-state index in [0.29, 0.717) is 12.3 Å². The summed E-state index contributed by atoms with van der Waals surface area (Å²) in [5.41, 5.74) is 1.03. The Kier molecular flexibility index (Phi) is 4.17. The number of hydrogen-bond acceptors (Lipinski definition) is 2. The molecule has 0 amide bonds. The van der Waals surface area contributed by atoms with Crippen molar-refractivity contribution in [2.45, 2.75) is 39.3 Å². The summed E-state index contributed by atoms with van der Waals surface area (Å²) in [5, 5.41) is 13.1. The van der Waals surface area contributed by atoms with Crippen LogP contribution in [0.15, 0.2) is 22.7 Å². The molecule has 0 aromatic heterocycles. The maximum Gasteiger partial charge on any atom is 0.120 e. The zero-order chi connectivity index (χ0) is 11.5. The first kappa shape index (κ1) is 12.5. The molecule has 0 atom stereocenters. The second kappa shape index (κ2) is 4.99. The maximum atomic E-state index is 9.64. The molecule has 0 fully saturated rings. The summed E-state index contributed by atoms with van der Waals surface area (Å²) >= 11 is 3.39. The van der Waals surface area contributed by atoms with Crippen molar-refractivity contribution in [1.82, 2.24) is 5.32 Å². The van der Waals surface area contributed by atoms with E-state index in [2.05, 4.69) is 42.0 Å². The Bertz CT molecular complexity index is 336. The van der Waals surface area contributed by atoms with Crippen molar-refractivity contribution in [3.63, 3.8) is 0 Å². The molecule has 0 heterocycles. The van der Waals surface area contributed by atoms with Gasteiger partial charge in [-0.05, 0) is 38.5 Å². The Hall–Kier alpha value is -0.540. The highest BCUT2D eigenvalue weighted by molar-refractivity contribution is 9.10. The van der Waals surface area contributed by atoms with E-state index in [1.165, 1.54) is 0 Å². The summed E-state index contributed by atoms with van der Waals surface area (Å²) in [4.78, 5) is 0. The third-order valence-electron chi connectivity index (χ3n) is 2.68. The van der Waals surface area contributed by atoms with Gasteiger partial charge in [0.1, 0.15) is 5.75 Å². The first-order chi connectivity index (χ1) is 6.94. The molecule has 1 aromatic rings. The average Bonchev–Trinajstić information content (AvgIpc) is 2.20. The van der Waals surface area contributed by atoms with Gasteiger partial charge in [-0.2, -0.15) is 0 Å². The van der Waals surface area contributed by atoms with Crippen LogP contribution in [0.4, 0.5) is 0 Å². The van der Waals surface area contributed by atoms with Crippen LogP contribution in [-0.4, -0.2) is 10.6 Å². The van der Waals surface area contributed by atoms with Crippen LogP contribution in [0, 0.1) is 0 Å². The predicted octanol–water partition coefficient (Wildman–Crippen LogP) is 3.43. The minimum atomic E-state index is 0.106. The van der Waals surface area contributed by atoms with Crippen molar-refractivity contribution in [3.05, 3.63) is 28.2 Å². The van der Waals surface area contributed by atoms with Gasteiger partial charge in [-0.3, -0.25) is 0 Å². The van der Waals surface area contributed by atoms with Crippen LogP contribution in [0.3, 0.4) is 0 Å². The van der Waals surface area contributed by atoms with Gasteiger partial charge in [0, 0.05) is 22.1 Å². The van der Waals surface area contributed by atoms with Gasteiger partial charge in [0.2, 0.25) is 0 Å². The van der Waals surface area contributed by atoms with E-state index in [4.69, 9.17) is 0 Å². The van der Waals surface area contributed by atoms with Crippen molar-refractivity contribution >= 4 is 15.9 Å². The van der Waals surface area contributed by atoms with Crippen LogP contribution in [-0.2, 0) is 6.54 Å². The molecular weight excluding hydrogens is 254 g/mol. The normalized spacial score (nSPS) is 11.7.